The van der Waals surface area contributed by atoms with Crippen molar-refractivity contribution in [3.8, 4) is 5.69 Å². The molecule has 7 nitrogen and oxygen atoms in total. The Morgan fingerprint density at radius 2 is 1.71 bits per heavy atom. The van der Waals surface area contributed by atoms with Crippen molar-refractivity contribution >= 4 is 11.6 Å². The summed E-state index contributed by atoms with van der Waals surface area (Å²) in [6.45, 7) is 2.50. The zero-order chi connectivity index (χ0) is 19.3. The minimum absolute atomic E-state index is 0.142. The van der Waals surface area contributed by atoms with Crippen LogP contribution in [-0.2, 0) is 6.54 Å². The third-order valence-corrected chi connectivity index (χ3v) is 5.06. The van der Waals surface area contributed by atoms with Gasteiger partial charge in [-0.25, -0.2) is 0 Å². The van der Waals surface area contributed by atoms with E-state index in [1.807, 2.05) is 36.4 Å². The molecule has 1 fully saturated rings. The SMILES string of the molecule is O=C(Nc1ccccc1CN1CCC(O)CC1)c1ccc(-n2cnnc2)cc1. The van der Waals surface area contributed by atoms with Crippen LogP contribution in [0.3, 0.4) is 0 Å². The van der Waals surface area contributed by atoms with E-state index in [1.165, 1.54) is 0 Å². The number of piperidine rings is 1. The number of aliphatic hydroxyl groups is 1. The van der Waals surface area contributed by atoms with Gasteiger partial charge < -0.3 is 10.4 Å². The number of para-hydroxylation sites is 1. The molecule has 0 unspecified atom stereocenters. The molecule has 0 spiro atoms. The van der Waals surface area contributed by atoms with Gasteiger partial charge in [-0.15, -0.1) is 10.2 Å². The summed E-state index contributed by atoms with van der Waals surface area (Å²) in [4.78, 5) is 15.0. The first kappa shape index (κ1) is 18.3. The highest BCUT2D eigenvalue weighted by Crippen LogP contribution is 2.21. The number of nitrogens with one attached hydrogen (secondary N) is 1. The third-order valence-electron chi connectivity index (χ3n) is 5.06. The molecular weight excluding hydrogens is 354 g/mol. The third kappa shape index (κ3) is 4.27. The van der Waals surface area contributed by atoms with Crippen LogP contribution in [0, 0.1) is 0 Å². The molecule has 2 heterocycles. The quantitative estimate of drug-likeness (QED) is 0.714. The molecule has 1 aromatic heterocycles. The van der Waals surface area contributed by atoms with Gasteiger partial charge in [0.15, 0.2) is 0 Å². The molecule has 1 aliphatic rings. The zero-order valence-electron chi connectivity index (χ0n) is 15.5. The van der Waals surface area contributed by atoms with E-state index in [1.54, 1.807) is 29.4 Å². The molecule has 1 amide bonds. The number of rotatable bonds is 5. The fourth-order valence-electron chi connectivity index (χ4n) is 3.41. The molecule has 0 atom stereocenters. The number of hydrogen-bond acceptors (Lipinski definition) is 5. The van der Waals surface area contributed by atoms with Crippen molar-refractivity contribution in [2.45, 2.75) is 25.5 Å². The molecule has 1 aliphatic heterocycles. The van der Waals surface area contributed by atoms with Crippen LogP contribution in [0.4, 0.5) is 5.69 Å². The second kappa shape index (κ2) is 8.33. The Labute approximate surface area is 163 Å². The zero-order valence-corrected chi connectivity index (χ0v) is 15.5. The van der Waals surface area contributed by atoms with Gasteiger partial charge >= 0.3 is 0 Å². The average molecular weight is 377 g/mol. The fraction of sp³-hybridized carbons (Fsp3) is 0.286. The standard InChI is InChI=1S/C21H23N5O2/c27-19-9-11-25(12-10-19)13-17-3-1-2-4-20(17)24-21(28)16-5-7-18(8-6-16)26-14-22-23-15-26/h1-8,14-15,19,27H,9-13H2,(H,24,28). The summed E-state index contributed by atoms with van der Waals surface area (Å²) in [6.07, 6.45) is 4.64. The van der Waals surface area contributed by atoms with E-state index >= 15 is 0 Å². The van der Waals surface area contributed by atoms with E-state index in [4.69, 9.17) is 0 Å². The number of amides is 1. The molecular formula is C21H23N5O2. The van der Waals surface area contributed by atoms with E-state index in [9.17, 15) is 9.90 Å². The summed E-state index contributed by atoms with van der Waals surface area (Å²) in [5.41, 5.74) is 3.39. The Morgan fingerprint density at radius 3 is 2.43 bits per heavy atom. The van der Waals surface area contributed by atoms with Crippen molar-refractivity contribution in [1.82, 2.24) is 19.7 Å². The van der Waals surface area contributed by atoms with Gasteiger partial charge in [-0.2, -0.15) is 0 Å². The van der Waals surface area contributed by atoms with E-state index in [2.05, 4.69) is 20.4 Å². The number of aromatic nitrogens is 3. The number of carbonyl (C=O) groups is 1. The monoisotopic (exact) mass is 377 g/mol. The maximum absolute atomic E-state index is 12.7. The lowest BCUT2D eigenvalue weighted by molar-refractivity contribution is 0.0793. The molecule has 3 aromatic rings. The van der Waals surface area contributed by atoms with Crippen LogP contribution in [0.5, 0.6) is 0 Å². The van der Waals surface area contributed by atoms with Crippen LogP contribution >= 0.6 is 0 Å². The molecule has 4 rings (SSSR count). The van der Waals surface area contributed by atoms with Gasteiger partial charge in [-0.1, -0.05) is 18.2 Å². The Morgan fingerprint density at radius 1 is 1.04 bits per heavy atom. The van der Waals surface area contributed by atoms with Gasteiger partial charge in [0.25, 0.3) is 5.91 Å². The predicted octanol–water partition coefficient (Wildman–Crippen LogP) is 2.48. The summed E-state index contributed by atoms with van der Waals surface area (Å²) >= 11 is 0. The number of anilines is 1. The van der Waals surface area contributed by atoms with Gasteiger partial charge in [-0.05, 0) is 48.7 Å². The Kier molecular flexibility index (Phi) is 5.45. The highest BCUT2D eigenvalue weighted by atomic mass is 16.3. The number of carbonyl (C=O) groups excluding carboxylic acids is 1. The van der Waals surface area contributed by atoms with Crippen LogP contribution in [0.1, 0.15) is 28.8 Å². The van der Waals surface area contributed by atoms with Crippen LogP contribution in [-0.4, -0.2) is 49.9 Å². The first-order chi connectivity index (χ1) is 13.7. The average Bonchev–Trinajstić information content (AvgIpc) is 3.26. The predicted molar refractivity (Wildman–Crippen MR) is 106 cm³/mol. The van der Waals surface area contributed by atoms with Crippen LogP contribution < -0.4 is 5.32 Å². The normalized spacial score (nSPS) is 15.5. The largest absolute Gasteiger partial charge is 0.393 e. The Bertz CT molecular complexity index is 916. The fourth-order valence-corrected chi connectivity index (χ4v) is 3.41. The Hall–Kier alpha value is -3.03. The molecule has 1 saturated heterocycles. The lowest BCUT2D eigenvalue weighted by Gasteiger charge is -2.30. The number of benzene rings is 2. The summed E-state index contributed by atoms with van der Waals surface area (Å²) < 4.78 is 1.78. The lowest BCUT2D eigenvalue weighted by atomic mass is 10.1. The van der Waals surface area contributed by atoms with Gasteiger partial charge in [-0.3, -0.25) is 14.3 Å². The highest BCUT2D eigenvalue weighted by molar-refractivity contribution is 6.04. The van der Waals surface area contributed by atoms with Gasteiger partial charge in [0.2, 0.25) is 0 Å². The first-order valence-electron chi connectivity index (χ1n) is 9.44. The van der Waals surface area contributed by atoms with Crippen molar-refractivity contribution in [2.75, 3.05) is 18.4 Å². The maximum atomic E-state index is 12.7. The second-order valence-electron chi connectivity index (χ2n) is 7.03. The number of nitrogens with zero attached hydrogens (tertiary/aromatic N) is 4. The molecule has 0 radical (unpaired) electrons. The molecule has 28 heavy (non-hydrogen) atoms. The summed E-state index contributed by atoms with van der Waals surface area (Å²) in [7, 11) is 0. The maximum Gasteiger partial charge on any atom is 0.255 e. The van der Waals surface area contributed by atoms with E-state index in [-0.39, 0.29) is 12.0 Å². The first-order valence-corrected chi connectivity index (χ1v) is 9.44. The molecule has 0 saturated carbocycles. The van der Waals surface area contributed by atoms with Crippen molar-refractivity contribution in [3.63, 3.8) is 0 Å². The van der Waals surface area contributed by atoms with Gasteiger partial charge in [0, 0.05) is 36.6 Å². The Balaban J connectivity index is 1.44. The second-order valence-corrected chi connectivity index (χ2v) is 7.03. The summed E-state index contributed by atoms with van der Waals surface area (Å²) in [5.74, 6) is -0.142. The van der Waals surface area contributed by atoms with Crippen LogP contribution in [0.25, 0.3) is 5.69 Å². The highest BCUT2D eigenvalue weighted by Gasteiger charge is 2.18. The molecule has 144 valence electrons. The molecule has 0 aliphatic carbocycles. The minimum Gasteiger partial charge on any atom is -0.393 e. The number of hydrogen-bond donors (Lipinski definition) is 2. The van der Waals surface area contributed by atoms with Crippen molar-refractivity contribution in [2.24, 2.45) is 0 Å². The van der Waals surface area contributed by atoms with E-state index in [0.29, 0.717) is 5.56 Å². The minimum atomic E-state index is -0.188. The molecule has 0 bridgehead atoms. The van der Waals surface area contributed by atoms with Gasteiger partial charge in [0.05, 0.1) is 6.10 Å². The lowest BCUT2D eigenvalue weighted by Crippen LogP contribution is -2.35. The van der Waals surface area contributed by atoms with Crippen molar-refractivity contribution < 1.29 is 9.90 Å². The summed E-state index contributed by atoms with van der Waals surface area (Å²) in [5, 5.41) is 20.3. The van der Waals surface area contributed by atoms with E-state index in [0.717, 1.165) is 49.4 Å². The van der Waals surface area contributed by atoms with Crippen LogP contribution in [0.15, 0.2) is 61.2 Å². The molecule has 2 N–H and O–H groups in total. The van der Waals surface area contributed by atoms with Crippen LogP contribution in [0.2, 0.25) is 0 Å². The number of aliphatic hydroxyl groups excluding tert-OH is 1. The molecule has 2 aromatic carbocycles. The topological polar surface area (TPSA) is 83.3 Å². The smallest absolute Gasteiger partial charge is 0.255 e. The van der Waals surface area contributed by atoms with Crippen molar-refractivity contribution in [1.29, 1.82) is 0 Å². The summed E-state index contributed by atoms with van der Waals surface area (Å²) in [6, 6.07) is 15.2. The number of likely N-dealkylation sites (tertiary alicyclic amines) is 1. The van der Waals surface area contributed by atoms with Crippen molar-refractivity contribution in [3.05, 3.63) is 72.3 Å². The van der Waals surface area contributed by atoms with Gasteiger partial charge in [0.1, 0.15) is 12.7 Å². The van der Waals surface area contributed by atoms with E-state index < -0.39 is 0 Å². The molecule has 7 heteroatoms.